The van der Waals surface area contributed by atoms with E-state index in [9.17, 15) is 9.59 Å². The average molecular weight is 143 g/mol. The summed E-state index contributed by atoms with van der Waals surface area (Å²) in [5.41, 5.74) is 0. The van der Waals surface area contributed by atoms with Gasteiger partial charge >= 0.3 is 5.97 Å². The third kappa shape index (κ3) is 1.16. The quantitative estimate of drug-likeness (QED) is 0.368. The molecule has 10 heavy (non-hydrogen) atoms. The second kappa shape index (κ2) is 2.79. The van der Waals surface area contributed by atoms with Crippen LogP contribution in [0.3, 0.4) is 0 Å². The van der Waals surface area contributed by atoms with E-state index in [2.05, 4.69) is 9.47 Å². The van der Waals surface area contributed by atoms with Gasteiger partial charge in [0.25, 0.3) is 0 Å². The van der Waals surface area contributed by atoms with Crippen LogP contribution in [0.5, 0.6) is 0 Å². The summed E-state index contributed by atoms with van der Waals surface area (Å²) >= 11 is 0. The van der Waals surface area contributed by atoms with Gasteiger partial charge in [0.15, 0.2) is 5.78 Å². The highest BCUT2D eigenvalue weighted by atomic mass is 16.5. The first-order valence-corrected chi connectivity index (χ1v) is 2.82. The topological polar surface area (TPSA) is 52.6 Å². The largest absolute Gasteiger partial charge is 0.468 e. The van der Waals surface area contributed by atoms with Gasteiger partial charge in [-0.2, -0.15) is 0 Å². The molecule has 1 radical (unpaired) electrons. The summed E-state index contributed by atoms with van der Waals surface area (Å²) in [6.45, 7) is 1.16. The van der Waals surface area contributed by atoms with Gasteiger partial charge in [-0.05, 0) is 0 Å². The molecule has 0 bridgehead atoms. The third-order valence-corrected chi connectivity index (χ3v) is 1.29. The highest BCUT2D eigenvalue weighted by Crippen LogP contribution is 2.12. The Hall–Kier alpha value is -0.900. The van der Waals surface area contributed by atoms with Crippen LogP contribution in [0.1, 0.15) is 0 Å². The monoisotopic (exact) mass is 143 g/mol. The molecule has 0 spiro atoms. The molecule has 1 aliphatic rings. The van der Waals surface area contributed by atoms with Crippen LogP contribution in [0, 0.1) is 12.5 Å². The van der Waals surface area contributed by atoms with Gasteiger partial charge in [0.2, 0.25) is 0 Å². The van der Waals surface area contributed by atoms with E-state index in [1.807, 2.05) is 0 Å². The Morgan fingerprint density at radius 3 is 3.00 bits per heavy atom. The Balaban J connectivity index is 2.55. The van der Waals surface area contributed by atoms with E-state index in [1.54, 1.807) is 0 Å². The fourth-order valence-electron chi connectivity index (χ4n) is 0.717. The second-order valence-corrected chi connectivity index (χ2v) is 1.93. The lowest BCUT2D eigenvalue weighted by molar-refractivity contribution is -0.147. The van der Waals surface area contributed by atoms with Crippen molar-refractivity contribution in [3.8, 4) is 0 Å². The smallest absolute Gasteiger partial charge is 0.318 e. The fraction of sp³-hybridized carbons (Fsp3) is 0.500. The van der Waals surface area contributed by atoms with Crippen molar-refractivity contribution in [3.05, 3.63) is 6.61 Å². The van der Waals surface area contributed by atoms with Crippen LogP contribution in [0.2, 0.25) is 0 Å². The molecule has 4 heteroatoms. The molecule has 1 unspecified atom stereocenters. The Morgan fingerprint density at radius 2 is 2.60 bits per heavy atom. The number of hydrogen-bond acceptors (Lipinski definition) is 4. The van der Waals surface area contributed by atoms with Gasteiger partial charge < -0.3 is 9.47 Å². The first-order chi connectivity index (χ1) is 4.75. The Labute approximate surface area is 58.1 Å². The molecule has 0 aromatic heterocycles. The minimum Gasteiger partial charge on any atom is -0.468 e. The van der Waals surface area contributed by atoms with E-state index in [4.69, 9.17) is 0 Å². The fourth-order valence-corrected chi connectivity index (χ4v) is 0.717. The van der Waals surface area contributed by atoms with Gasteiger partial charge in [0.1, 0.15) is 12.5 Å². The molecule has 0 aliphatic carbocycles. The number of Topliss-reactive ketones (excluding diaryl/α,β-unsaturated/α-hetero) is 1. The van der Waals surface area contributed by atoms with E-state index >= 15 is 0 Å². The van der Waals surface area contributed by atoms with Crippen LogP contribution in [-0.2, 0) is 19.1 Å². The van der Waals surface area contributed by atoms with E-state index in [1.165, 1.54) is 7.11 Å². The number of ketones is 1. The van der Waals surface area contributed by atoms with Crippen molar-refractivity contribution in [3.63, 3.8) is 0 Å². The van der Waals surface area contributed by atoms with Gasteiger partial charge in [-0.25, -0.2) is 0 Å². The van der Waals surface area contributed by atoms with Crippen LogP contribution in [0.25, 0.3) is 0 Å². The second-order valence-electron chi connectivity index (χ2n) is 1.93. The van der Waals surface area contributed by atoms with Crippen molar-refractivity contribution < 1.29 is 19.1 Å². The normalized spacial score (nSPS) is 24.9. The maximum atomic E-state index is 10.7. The zero-order chi connectivity index (χ0) is 7.56. The summed E-state index contributed by atoms with van der Waals surface area (Å²) in [6.07, 6.45) is 0. The molecular formula is C6H7O4. The number of hydrogen-bond donors (Lipinski definition) is 0. The summed E-state index contributed by atoms with van der Waals surface area (Å²) in [4.78, 5) is 21.4. The molecule has 1 rings (SSSR count). The standard InChI is InChI=1S/C6H7O4/c1-9-6(8)4-2-10-3-5(4)7/h3-4H,2H2,1H3. The lowest BCUT2D eigenvalue weighted by Crippen LogP contribution is -2.22. The molecule has 4 nitrogen and oxygen atoms in total. The highest BCUT2D eigenvalue weighted by molar-refractivity contribution is 6.04. The molecule has 0 amide bonds. The molecule has 0 aromatic rings. The zero-order valence-corrected chi connectivity index (χ0v) is 5.49. The average Bonchev–Trinajstić information content (AvgIpc) is 2.34. The van der Waals surface area contributed by atoms with Crippen LogP contribution in [-0.4, -0.2) is 25.5 Å². The molecule has 0 saturated carbocycles. The van der Waals surface area contributed by atoms with Crippen molar-refractivity contribution in [2.45, 2.75) is 0 Å². The Bertz CT molecular complexity index is 163. The van der Waals surface area contributed by atoms with Gasteiger partial charge in [-0.1, -0.05) is 0 Å². The molecule has 1 saturated heterocycles. The first kappa shape index (κ1) is 7.21. The highest BCUT2D eigenvalue weighted by Gasteiger charge is 2.33. The van der Waals surface area contributed by atoms with Crippen molar-refractivity contribution in [1.29, 1.82) is 0 Å². The van der Waals surface area contributed by atoms with Crippen LogP contribution >= 0.6 is 0 Å². The van der Waals surface area contributed by atoms with E-state index in [0.29, 0.717) is 0 Å². The number of esters is 1. The molecule has 0 N–H and O–H groups in total. The van der Waals surface area contributed by atoms with Crippen LogP contribution in [0.15, 0.2) is 0 Å². The van der Waals surface area contributed by atoms with Crippen LogP contribution in [0.4, 0.5) is 0 Å². The molecule has 1 aliphatic heterocycles. The van der Waals surface area contributed by atoms with Gasteiger partial charge in [0.05, 0.1) is 13.7 Å². The number of carbonyl (C=O) groups is 2. The SMILES string of the molecule is COC(=O)C1CO[CH]C1=O. The van der Waals surface area contributed by atoms with E-state index in [-0.39, 0.29) is 12.4 Å². The molecule has 0 aromatic carbocycles. The molecule has 55 valence electrons. The minimum atomic E-state index is -0.731. The van der Waals surface area contributed by atoms with Crippen molar-refractivity contribution in [2.75, 3.05) is 13.7 Å². The first-order valence-electron chi connectivity index (χ1n) is 2.82. The van der Waals surface area contributed by atoms with Crippen molar-refractivity contribution in [1.82, 2.24) is 0 Å². The summed E-state index contributed by atoms with van der Waals surface area (Å²) in [5, 5.41) is 0. The number of carbonyl (C=O) groups excluding carboxylic acids is 2. The molecule has 1 atom stereocenters. The lowest BCUT2D eigenvalue weighted by Gasteiger charge is -2.00. The predicted molar refractivity (Wildman–Crippen MR) is 30.8 cm³/mol. The Kier molecular flexibility index (Phi) is 2.01. The van der Waals surface area contributed by atoms with Gasteiger partial charge in [0, 0.05) is 0 Å². The Morgan fingerprint density at radius 1 is 1.90 bits per heavy atom. The maximum Gasteiger partial charge on any atom is 0.318 e. The number of rotatable bonds is 1. The third-order valence-electron chi connectivity index (χ3n) is 1.29. The predicted octanol–water partition coefficient (Wildman–Crippen LogP) is -0.463. The van der Waals surface area contributed by atoms with E-state index < -0.39 is 11.9 Å². The molecule has 1 fully saturated rings. The summed E-state index contributed by atoms with van der Waals surface area (Å²) in [5.74, 6) is -1.57. The van der Waals surface area contributed by atoms with Crippen molar-refractivity contribution in [2.24, 2.45) is 5.92 Å². The van der Waals surface area contributed by atoms with Crippen LogP contribution < -0.4 is 0 Å². The van der Waals surface area contributed by atoms with Gasteiger partial charge in [-0.3, -0.25) is 9.59 Å². The molecular weight excluding hydrogens is 136 g/mol. The van der Waals surface area contributed by atoms with E-state index in [0.717, 1.165) is 6.61 Å². The maximum absolute atomic E-state index is 10.7. The molecule has 1 heterocycles. The number of ether oxygens (including phenoxy) is 2. The minimum absolute atomic E-state index is 0.117. The zero-order valence-electron chi connectivity index (χ0n) is 5.49. The summed E-state index contributed by atoms with van der Waals surface area (Å²) < 4.78 is 8.96. The van der Waals surface area contributed by atoms with Crippen molar-refractivity contribution >= 4 is 11.8 Å². The summed E-state index contributed by atoms with van der Waals surface area (Å²) in [7, 11) is 1.24. The van der Waals surface area contributed by atoms with Gasteiger partial charge in [-0.15, -0.1) is 0 Å². The number of methoxy groups -OCH3 is 1. The summed E-state index contributed by atoms with van der Waals surface area (Å²) in [6, 6.07) is 0. The lowest BCUT2D eigenvalue weighted by atomic mass is 10.1.